The van der Waals surface area contributed by atoms with E-state index >= 15 is 0 Å². The molecule has 0 bridgehead atoms. The number of hydrogen-bond acceptors (Lipinski definition) is 3. The number of nitrogens with one attached hydrogen (secondary N) is 1. The molecule has 0 fully saturated rings. The third-order valence-electron chi connectivity index (χ3n) is 2.43. The smallest absolute Gasteiger partial charge is 0.187 e. The first-order valence-electron chi connectivity index (χ1n) is 5.33. The van der Waals surface area contributed by atoms with Crippen LogP contribution < -0.4 is 5.32 Å². The highest BCUT2D eigenvalue weighted by atomic mass is 32.1. The SMILES string of the molecule is CC(C)(C)c1ccc(Nc2nccs2)cc1. The van der Waals surface area contributed by atoms with E-state index in [2.05, 4.69) is 55.3 Å². The Bertz CT molecular complexity index is 438. The fourth-order valence-electron chi connectivity index (χ4n) is 1.46. The van der Waals surface area contributed by atoms with Crippen LogP contribution >= 0.6 is 11.3 Å². The summed E-state index contributed by atoms with van der Waals surface area (Å²) in [6.45, 7) is 6.66. The molecule has 1 aromatic heterocycles. The van der Waals surface area contributed by atoms with Gasteiger partial charge in [-0.2, -0.15) is 0 Å². The molecule has 1 aromatic carbocycles. The van der Waals surface area contributed by atoms with Crippen molar-refractivity contribution in [2.24, 2.45) is 0 Å². The first-order chi connectivity index (χ1) is 7.55. The van der Waals surface area contributed by atoms with Crippen molar-refractivity contribution < 1.29 is 0 Å². The Hall–Kier alpha value is -1.35. The van der Waals surface area contributed by atoms with Crippen LogP contribution in [0, 0.1) is 0 Å². The monoisotopic (exact) mass is 232 g/mol. The number of aromatic nitrogens is 1. The van der Waals surface area contributed by atoms with E-state index in [1.165, 1.54) is 5.56 Å². The second kappa shape index (κ2) is 4.26. The molecular formula is C13H16N2S. The van der Waals surface area contributed by atoms with Crippen molar-refractivity contribution in [1.82, 2.24) is 4.98 Å². The molecule has 0 unspecified atom stereocenters. The molecular weight excluding hydrogens is 216 g/mol. The Morgan fingerprint density at radius 1 is 1.12 bits per heavy atom. The Labute approximate surface area is 100 Å². The van der Waals surface area contributed by atoms with E-state index in [1.54, 1.807) is 17.5 Å². The maximum absolute atomic E-state index is 4.19. The number of thiazole rings is 1. The summed E-state index contributed by atoms with van der Waals surface area (Å²) in [6, 6.07) is 8.52. The van der Waals surface area contributed by atoms with E-state index in [0.717, 1.165) is 10.8 Å². The van der Waals surface area contributed by atoms with Crippen molar-refractivity contribution in [2.45, 2.75) is 26.2 Å². The summed E-state index contributed by atoms with van der Waals surface area (Å²) in [5.74, 6) is 0. The van der Waals surface area contributed by atoms with Crippen molar-refractivity contribution in [1.29, 1.82) is 0 Å². The van der Waals surface area contributed by atoms with Gasteiger partial charge in [-0.25, -0.2) is 4.98 Å². The van der Waals surface area contributed by atoms with Gasteiger partial charge in [0.05, 0.1) is 0 Å². The first kappa shape index (κ1) is 11.1. The van der Waals surface area contributed by atoms with Gasteiger partial charge in [-0.05, 0) is 23.1 Å². The van der Waals surface area contributed by atoms with Gasteiger partial charge >= 0.3 is 0 Å². The highest BCUT2D eigenvalue weighted by Crippen LogP contribution is 2.25. The van der Waals surface area contributed by atoms with Gasteiger partial charge in [0.25, 0.3) is 0 Å². The average molecular weight is 232 g/mol. The third kappa shape index (κ3) is 2.61. The molecule has 0 aliphatic carbocycles. The molecule has 2 nitrogen and oxygen atoms in total. The van der Waals surface area contributed by atoms with Gasteiger partial charge in [0.1, 0.15) is 0 Å². The van der Waals surface area contributed by atoms with Crippen LogP contribution in [-0.4, -0.2) is 4.98 Å². The lowest BCUT2D eigenvalue weighted by molar-refractivity contribution is 0.590. The van der Waals surface area contributed by atoms with Crippen molar-refractivity contribution in [3.63, 3.8) is 0 Å². The normalized spacial score (nSPS) is 11.4. The zero-order valence-electron chi connectivity index (χ0n) is 9.82. The maximum atomic E-state index is 4.19. The second-order valence-corrected chi connectivity index (χ2v) is 5.68. The van der Waals surface area contributed by atoms with Gasteiger partial charge in [0.2, 0.25) is 0 Å². The molecule has 0 saturated carbocycles. The highest BCUT2D eigenvalue weighted by Gasteiger charge is 2.12. The van der Waals surface area contributed by atoms with Crippen molar-refractivity contribution >= 4 is 22.2 Å². The molecule has 0 amide bonds. The van der Waals surface area contributed by atoms with Crippen molar-refractivity contribution in [3.8, 4) is 0 Å². The average Bonchev–Trinajstić information content (AvgIpc) is 2.70. The standard InChI is InChI=1S/C13H16N2S/c1-13(2,3)10-4-6-11(7-5-10)15-12-14-8-9-16-12/h4-9H,1-3H3,(H,14,15). The van der Waals surface area contributed by atoms with Crippen LogP contribution in [-0.2, 0) is 5.41 Å². The van der Waals surface area contributed by atoms with E-state index in [-0.39, 0.29) is 5.41 Å². The quantitative estimate of drug-likeness (QED) is 0.840. The third-order valence-corrected chi connectivity index (χ3v) is 3.12. The lowest BCUT2D eigenvalue weighted by atomic mass is 9.87. The highest BCUT2D eigenvalue weighted by molar-refractivity contribution is 7.13. The summed E-state index contributed by atoms with van der Waals surface area (Å²) in [5.41, 5.74) is 2.64. The van der Waals surface area contributed by atoms with Gasteiger partial charge in [-0.3, -0.25) is 0 Å². The Morgan fingerprint density at radius 3 is 2.31 bits per heavy atom. The number of hydrogen-bond donors (Lipinski definition) is 1. The lowest BCUT2D eigenvalue weighted by Crippen LogP contribution is -2.10. The van der Waals surface area contributed by atoms with Gasteiger partial charge in [0.15, 0.2) is 5.13 Å². The van der Waals surface area contributed by atoms with E-state index in [0.29, 0.717) is 0 Å². The minimum Gasteiger partial charge on any atom is -0.332 e. The molecule has 0 aliphatic rings. The number of nitrogens with zero attached hydrogens (tertiary/aromatic N) is 1. The molecule has 0 saturated heterocycles. The Morgan fingerprint density at radius 2 is 1.81 bits per heavy atom. The largest absolute Gasteiger partial charge is 0.332 e. The van der Waals surface area contributed by atoms with Crippen LogP contribution in [0.2, 0.25) is 0 Å². The van der Waals surface area contributed by atoms with E-state index in [4.69, 9.17) is 0 Å². The summed E-state index contributed by atoms with van der Waals surface area (Å²) < 4.78 is 0. The lowest BCUT2D eigenvalue weighted by Gasteiger charge is -2.19. The van der Waals surface area contributed by atoms with Crippen molar-refractivity contribution in [2.75, 3.05) is 5.32 Å². The summed E-state index contributed by atoms with van der Waals surface area (Å²) in [7, 11) is 0. The minimum absolute atomic E-state index is 0.208. The van der Waals surface area contributed by atoms with E-state index in [9.17, 15) is 0 Å². The molecule has 84 valence electrons. The summed E-state index contributed by atoms with van der Waals surface area (Å²) in [6.07, 6.45) is 1.80. The second-order valence-electron chi connectivity index (χ2n) is 4.79. The van der Waals surface area contributed by atoms with Crippen LogP contribution in [0.4, 0.5) is 10.8 Å². The number of rotatable bonds is 2. The molecule has 0 spiro atoms. The van der Waals surface area contributed by atoms with Gasteiger partial charge in [0, 0.05) is 17.3 Å². The molecule has 0 aliphatic heterocycles. The number of anilines is 2. The van der Waals surface area contributed by atoms with Crippen LogP contribution in [0.5, 0.6) is 0 Å². The fraction of sp³-hybridized carbons (Fsp3) is 0.308. The molecule has 0 atom stereocenters. The minimum atomic E-state index is 0.208. The molecule has 1 heterocycles. The molecule has 16 heavy (non-hydrogen) atoms. The molecule has 2 rings (SSSR count). The summed E-state index contributed by atoms with van der Waals surface area (Å²) in [4.78, 5) is 4.19. The predicted octanol–water partition coefficient (Wildman–Crippen LogP) is 4.18. The summed E-state index contributed by atoms with van der Waals surface area (Å²) >= 11 is 1.61. The van der Waals surface area contributed by atoms with Crippen LogP contribution in [0.1, 0.15) is 26.3 Å². The number of benzene rings is 1. The van der Waals surface area contributed by atoms with Gasteiger partial charge < -0.3 is 5.32 Å². The van der Waals surface area contributed by atoms with E-state index < -0.39 is 0 Å². The zero-order valence-corrected chi connectivity index (χ0v) is 10.6. The first-order valence-corrected chi connectivity index (χ1v) is 6.21. The zero-order chi connectivity index (χ0) is 11.6. The molecule has 3 heteroatoms. The van der Waals surface area contributed by atoms with Crippen LogP contribution in [0.15, 0.2) is 35.8 Å². The Kier molecular flexibility index (Phi) is 2.97. The molecule has 1 N–H and O–H groups in total. The molecule has 0 radical (unpaired) electrons. The summed E-state index contributed by atoms with van der Waals surface area (Å²) in [5, 5.41) is 6.17. The molecule has 2 aromatic rings. The fourth-order valence-corrected chi connectivity index (χ4v) is 2.01. The maximum Gasteiger partial charge on any atom is 0.187 e. The van der Waals surface area contributed by atoms with Gasteiger partial charge in [-0.1, -0.05) is 32.9 Å². The van der Waals surface area contributed by atoms with Gasteiger partial charge in [-0.15, -0.1) is 11.3 Å². The van der Waals surface area contributed by atoms with Crippen molar-refractivity contribution in [3.05, 3.63) is 41.4 Å². The predicted molar refractivity (Wildman–Crippen MR) is 70.5 cm³/mol. The van der Waals surface area contributed by atoms with E-state index in [1.807, 2.05) is 5.38 Å². The Balaban J connectivity index is 2.14. The topological polar surface area (TPSA) is 24.9 Å². The van der Waals surface area contributed by atoms with Crippen LogP contribution in [0.3, 0.4) is 0 Å². The van der Waals surface area contributed by atoms with Crippen LogP contribution in [0.25, 0.3) is 0 Å².